The Kier molecular flexibility index (Phi) is 4.50. The molecular weight excluding hydrogens is 346 g/mol. The molecule has 1 spiro atoms. The molecule has 5 nitrogen and oxygen atoms in total. The van der Waals surface area contributed by atoms with Crippen LogP contribution in [-0.2, 0) is 0 Å². The van der Waals surface area contributed by atoms with Crippen molar-refractivity contribution >= 4 is 11.8 Å². The van der Waals surface area contributed by atoms with Gasteiger partial charge in [0.05, 0.1) is 0 Å². The van der Waals surface area contributed by atoms with E-state index >= 15 is 0 Å². The third-order valence-electron chi connectivity index (χ3n) is 7.01. The summed E-state index contributed by atoms with van der Waals surface area (Å²) in [6.45, 7) is 6.64. The third kappa shape index (κ3) is 3.60. The molecule has 0 unspecified atom stereocenters. The molecule has 2 N–H and O–H groups in total. The lowest BCUT2D eigenvalue weighted by Crippen LogP contribution is -2.52. The zero-order valence-electron chi connectivity index (χ0n) is 16.8. The minimum Gasteiger partial charge on any atom is -0.368 e. The first-order valence-corrected chi connectivity index (χ1v) is 10.8. The summed E-state index contributed by atoms with van der Waals surface area (Å²) < 4.78 is 0. The number of nitrogens with zero attached hydrogens (tertiary/aromatic N) is 4. The Morgan fingerprint density at radius 3 is 2.50 bits per heavy atom. The summed E-state index contributed by atoms with van der Waals surface area (Å²) in [7, 11) is 0. The molecule has 3 fully saturated rings. The summed E-state index contributed by atoms with van der Waals surface area (Å²) in [6, 6.07) is 14.1. The van der Waals surface area contributed by atoms with Gasteiger partial charge in [-0.1, -0.05) is 30.3 Å². The standard InChI is InChI=1S/C23H31N5/c1-17-13-21(26-22(24)25-17)27-11-9-23(10-12-27)14-19(18-5-3-2-4-6-18)15-28(16-23)20-7-8-20/h2-6,13,19-20H,7-12,14-16H2,1H3,(H2,24,25,26)/t19-/m1/s1. The van der Waals surface area contributed by atoms with Crippen molar-refractivity contribution in [2.75, 3.05) is 36.8 Å². The molecule has 0 amide bonds. The quantitative estimate of drug-likeness (QED) is 0.886. The first kappa shape index (κ1) is 17.9. The van der Waals surface area contributed by atoms with Crippen LogP contribution in [0.15, 0.2) is 36.4 Å². The number of rotatable bonds is 3. The normalized spacial score (nSPS) is 25.2. The van der Waals surface area contributed by atoms with Gasteiger partial charge in [0.2, 0.25) is 5.95 Å². The van der Waals surface area contributed by atoms with E-state index in [2.05, 4.69) is 56.2 Å². The molecule has 0 bridgehead atoms. The van der Waals surface area contributed by atoms with E-state index in [-0.39, 0.29) is 0 Å². The summed E-state index contributed by atoms with van der Waals surface area (Å²) in [6.07, 6.45) is 6.58. The van der Waals surface area contributed by atoms with E-state index in [1.807, 2.05) is 6.92 Å². The monoisotopic (exact) mass is 377 g/mol. The van der Waals surface area contributed by atoms with Crippen molar-refractivity contribution in [3.63, 3.8) is 0 Å². The number of aromatic nitrogens is 2. The Hall–Kier alpha value is -2.14. The molecule has 1 aromatic heterocycles. The molecule has 3 heterocycles. The van der Waals surface area contributed by atoms with E-state index in [9.17, 15) is 0 Å². The van der Waals surface area contributed by atoms with Gasteiger partial charge >= 0.3 is 0 Å². The average Bonchev–Trinajstić information content (AvgIpc) is 3.54. The van der Waals surface area contributed by atoms with Crippen LogP contribution < -0.4 is 10.6 Å². The average molecular weight is 378 g/mol. The van der Waals surface area contributed by atoms with Crippen molar-refractivity contribution in [1.82, 2.24) is 14.9 Å². The number of hydrogen-bond acceptors (Lipinski definition) is 5. The maximum Gasteiger partial charge on any atom is 0.222 e. The van der Waals surface area contributed by atoms with Crippen LogP contribution in [0.1, 0.15) is 49.3 Å². The highest BCUT2D eigenvalue weighted by atomic mass is 15.2. The van der Waals surface area contributed by atoms with Gasteiger partial charge in [-0.2, -0.15) is 4.98 Å². The van der Waals surface area contributed by atoms with Gasteiger partial charge in [-0.15, -0.1) is 0 Å². The van der Waals surface area contributed by atoms with E-state index in [1.54, 1.807) is 0 Å². The molecule has 2 aliphatic heterocycles. The Bertz CT molecular complexity index is 804. The summed E-state index contributed by atoms with van der Waals surface area (Å²) in [4.78, 5) is 13.9. The van der Waals surface area contributed by atoms with Crippen LogP contribution in [0.5, 0.6) is 0 Å². The van der Waals surface area contributed by atoms with Gasteiger partial charge < -0.3 is 10.6 Å². The number of anilines is 2. The molecule has 1 aliphatic carbocycles. The maximum atomic E-state index is 5.89. The molecule has 5 heteroatoms. The zero-order chi connectivity index (χ0) is 19.1. The molecule has 0 radical (unpaired) electrons. The predicted octanol–water partition coefficient (Wildman–Crippen LogP) is 3.61. The van der Waals surface area contributed by atoms with Crippen LogP contribution >= 0.6 is 0 Å². The van der Waals surface area contributed by atoms with Gasteiger partial charge in [-0.05, 0) is 55.9 Å². The number of hydrogen-bond donors (Lipinski definition) is 1. The second kappa shape index (κ2) is 7.03. The van der Waals surface area contributed by atoms with Crippen molar-refractivity contribution in [3.05, 3.63) is 47.7 Å². The predicted molar refractivity (Wildman–Crippen MR) is 113 cm³/mol. The van der Waals surface area contributed by atoms with E-state index < -0.39 is 0 Å². The highest BCUT2D eigenvalue weighted by molar-refractivity contribution is 5.44. The molecule has 1 saturated carbocycles. The van der Waals surface area contributed by atoms with Gasteiger partial charge in [0.1, 0.15) is 5.82 Å². The minimum absolute atomic E-state index is 0.386. The van der Waals surface area contributed by atoms with E-state index in [0.717, 1.165) is 30.6 Å². The number of aryl methyl sites for hydroxylation is 1. The SMILES string of the molecule is Cc1cc(N2CCC3(CC2)C[C@@H](c2ccccc2)CN(C2CC2)C3)nc(N)n1. The third-order valence-corrected chi connectivity index (χ3v) is 7.01. The summed E-state index contributed by atoms with van der Waals surface area (Å²) >= 11 is 0. The van der Waals surface area contributed by atoms with Gasteiger partial charge in [0.15, 0.2) is 0 Å². The first-order valence-electron chi connectivity index (χ1n) is 10.8. The lowest BCUT2D eigenvalue weighted by Gasteiger charge is -2.51. The maximum absolute atomic E-state index is 5.89. The van der Waals surface area contributed by atoms with Crippen LogP contribution in [0.25, 0.3) is 0 Å². The van der Waals surface area contributed by atoms with Crippen LogP contribution in [0.4, 0.5) is 11.8 Å². The first-order chi connectivity index (χ1) is 13.6. The minimum atomic E-state index is 0.386. The summed E-state index contributed by atoms with van der Waals surface area (Å²) in [5.41, 5.74) is 8.79. The van der Waals surface area contributed by atoms with E-state index in [0.29, 0.717) is 17.3 Å². The van der Waals surface area contributed by atoms with Crippen molar-refractivity contribution in [2.45, 2.75) is 51.0 Å². The fraction of sp³-hybridized carbons (Fsp3) is 0.565. The number of nitrogen functional groups attached to an aromatic ring is 1. The van der Waals surface area contributed by atoms with E-state index in [4.69, 9.17) is 5.73 Å². The van der Waals surface area contributed by atoms with Crippen LogP contribution in [-0.4, -0.2) is 47.1 Å². The van der Waals surface area contributed by atoms with Crippen molar-refractivity contribution in [3.8, 4) is 0 Å². The largest absolute Gasteiger partial charge is 0.368 e. The lowest BCUT2D eigenvalue weighted by atomic mass is 9.68. The second-order valence-electron chi connectivity index (χ2n) is 9.19. The smallest absolute Gasteiger partial charge is 0.222 e. The summed E-state index contributed by atoms with van der Waals surface area (Å²) in [5.74, 6) is 2.05. The van der Waals surface area contributed by atoms with Crippen molar-refractivity contribution < 1.29 is 0 Å². The van der Waals surface area contributed by atoms with Crippen LogP contribution in [0, 0.1) is 12.3 Å². The van der Waals surface area contributed by atoms with Crippen LogP contribution in [0.2, 0.25) is 0 Å². The lowest BCUT2D eigenvalue weighted by molar-refractivity contribution is 0.0460. The molecule has 2 aromatic rings. The Morgan fingerprint density at radius 2 is 1.82 bits per heavy atom. The second-order valence-corrected chi connectivity index (χ2v) is 9.19. The molecule has 28 heavy (non-hydrogen) atoms. The Morgan fingerprint density at radius 1 is 1.07 bits per heavy atom. The number of piperidine rings is 2. The number of benzene rings is 1. The molecule has 2 saturated heterocycles. The van der Waals surface area contributed by atoms with Gasteiger partial charge in [0.25, 0.3) is 0 Å². The molecule has 148 valence electrons. The fourth-order valence-corrected chi connectivity index (χ4v) is 5.41. The highest BCUT2D eigenvalue weighted by Crippen LogP contribution is 2.47. The zero-order valence-corrected chi connectivity index (χ0v) is 16.8. The highest BCUT2D eigenvalue weighted by Gasteiger charge is 2.45. The summed E-state index contributed by atoms with van der Waals surface area (Å²) in [5, 5.41) is 0. The Labute approximate surface area is 168 Å². The molecule has 1 aromatic carbocycles. The molecule has 1 atom stereocenters. The van der Waals surface area contributed by atoms with Crippen molar-refractivity contribution in [1.29, 1.82) is 0 Å². The molecule has 5 rings (SSSR count). The van der Waals surface area contributed by atoms with Gasteiger partial charge in [0, 0.05) is 44.0 Å². The van der Waals surface area contributed by atoms with Crippen LogP contribution in [0.3, 0.4) is 0 Å². The van der Waals surface area contributed by atoms with Gasteiger partial charge in [-0.3, -0.25) is 4.90 Å². The Balaban J connectivity index is 1.34. The number of nitrogens with two attached hydrogens (primary N) is 1. The van der Waals surface area contributed by atoms with E-state index in [1.165, 1.54) is 50.8 Å². The molecular formula is C23H31N5. The topological polar surface area (TPSA) is 58.3 Å². The number of likely N-dealkylation sites (tertiary alicyclic amines) is 1. The van der Waals surface area contributed by atoms with Crippen molar-refractivity contribution in [2.24, 2.45) is 5.41 Å². The molecule has 3 aliphatic rings. The van der Waals surface area contributed by atoms with Gasteiger partial charge in [-0.25, -0.2) is 4.98 Å². The fourth-order valence-electron chi connectivity index (χ4n) is 5.41.